The summed E-state index contributed by atoms with van der Waals surface area (Å²) in [4.78, 5) is 93.6. The highest BCUT2D eigenvalue weighted by Gasteiger charge is 2.47. The molecule has 18 heteroatoms. The Balaban J connectivity index is 1.71. The SMILES string of the molecule is CC(C)C(NC(=S)NC(=O)c1ccccc1)C(=O)NC(C(=O)c1ccccc1)C(C)C(O[P+](=O)O)C(NC(=O)C(NC(=S)NC(=O)c1ccccc1)C(C)C)C(=O)c1ccccc1. The number of hydrogen-bond acceptors (Lipinski definition) is 10. The van der Waals surface area contributed by atoms with Crippen LogP contribution in [0, 0.1) is 17.8 Å². The van der Waals surface area contributed by atoms with Crippen LogP contribution in [-0.4, -0.2) is 80.6 Å². The van der Waals surface area contributed by atoms with Gasteiger partial charge in [0.1, 0.15) is 24.2 Å². The normalized spacial score (nSPS) is 14.1. The number of hydrogen-bond donors (Lipinski definition) is 7. The van der Waals surface area contributed by atoms with Gasteiger partial charge in [0.15, 0.2) is 21.8 Å². The number of Topliss-reactive ketones (excluding diaryl/α,β-unsaturated/α-hetero) is 2. The second-order valence-corrected chi connectivity index (χ2v) is 16.6. The Kier molecular flexibility index (Phi) is 18.8. The number of nitrogens with one attached hydrogen (secondary N) is 6. The fraction of sp³-hybridized carbons (Fsp3) is 0.289. The smallest absolute Gasteiger partial charge is 0.350 e. The van der Waals surface area contributed by atoms with E-state index < -0.39 is 91.5 Å². The Morgan fingerprint density at radius 1 is 0.492 bits per heavy atom. The monoisotopic (exact) mass is 913 g/mol. The van der Waals surface area contributed by atoms with E-state index >= 15 is 0 Å². The number of carbonyl (C=O) groups excluding carboxylic acids is 6. The first kappa shape index (κ1) is 49.6. The van der Waals surface area contributed by atoms with Crippen molar-refractivity contribution in [1.29, 1.82) is 0 Å². The second-order valence-electron chi connectivity index (χ2n) is 15.1. The van der Waals surface area contributed by atoms with Crippen LogP contribution in [0.2, 0.25) is 0 Å². The van der Waals surface area contributed by atoms with Gasteiger partial charge in [-0.15, -0.1) is 9.42 Å². The van der Waals surface area contributed by atoms with Gasteiger partial charge in [-0.3, -0.25) is 39.4 Å². The number of amides is 4. The minimum absolute atomic E-state index is 0.0848. The van der Waals surface area contributed by atoms with E-state index in [9.17, 15) is 38.2 Å². The molecule has 7 unspecified atom stereocenters. The molecule has 0 spiro atoms. The molecule has 0 saturated carbocycles. The van der Waals surface area contributed by atoms with Gasteiger partial charge in [-0.1, -0.05) is 132 Å². The third-order valence-corrected chi connectivity index (χ3v) is 10.7. The number of ketones is 2. The van der Waals surface area contributed by atoms with Crippen LogP contribution in [0.1, 0.15) is 76.1 Å². The molecule has 0 aromatic heterocycles. The molecule has 0 aliphatic rings. The topological polar surface area (TPSA) is 221 Å². The minimum atomic E-state index is -3.51. The molecule has 0 heterocycles. The summed E-state index contributed by atoms with van der Waals surface area (Å²) < 4.78 is 18.3. The van der Waals surface area contributed by atoms with Gasteiger partial charge in [-0.2, -0.15) is 0 Å². The zero-order valence-corrected chi connectivity index (χ0v) is 37.7. The quantitative estimate of drug-likeness (QED) is 0.0373. The van der Waals surface area contributed by atoms with Gasteiger partial charge in [0.2, 0.25) is 11.8 Å². The first-order valence-electron chi connectivity index (χ1n) is 19.9. The highest BCUT2D eigenvalue weighted by Crippen LogP contribution is 2.30. The highest BCUT2D eigenvalue weighted by atomic mass is 32.1. The van der Waals surface area contributed by atoms with Crippen LogP contribution in [0.4, 0.5) is 0 Å². The van der Waals surface area contributed by atoms with Crippen molar-refractivity contribution in [3.8, 4) is 0 Å². The van der Waals surface area contributed by atoms with Gasteiger partial charge in [0.25, 0.3) is 11.8 Å². The number of carbonyl (C=O) groups is 6. The predicted molar refractivity (Wildman–Crippen MR) is 246 cm³/mol. The molecule has 0 saturated heterocycles. The molecule has 0 aliphatic carbocycles. The van der Waals surface area contributed by atoms with E-state index in [0.29, 0.717) is 11.1 Å². The number of rotatable bonds is 19. The largest absolute Gasteiger partial charge is 0.695 e. The number of benzene rings is 4. The predicted octanol–water partition coefficient (Wildman–Crippen LogP) is 5.05. The van der Waals surface area contributed by atoms with E-state index in [0.717, 1.165) is 0 Å². The molecule has 0 aliphatic heterocycles. The summed E-state index contributed by atoms with van der Waals surface area (Å²) in [6.45, 7) is 8.23. The molecule has 0 radical (unpaired) electrons. The molecule has 63 heavy (non-hydrogen) atoms. The van der Waals surface area contributed by atoms with E-state index in [2.05, 4.69) is 31.9 Å². The first-order valence-corrected chi connectivity index (χ1v) is 21.9. The summed E-state index contributed by atoms with van der Waals surface area (Å²) in [5.41, 5.74) is 0.864. The van der Waals surface area contributed by atoms with E-state index in [1.54, 1.807) is 125 Å². The molecule has 4 aromatic rings. The van der Waals surface area contributed by atoms with Crippen LogP contribution in [0.15, 0.2) is 121 Å². The lowest BCUT2D eigenvalue weighted by atomic mass is 9.83. The van der Waals surface area contributed by atoms with Gasteiger partial charge in [0, 0.05) is 32.7 Å². The molecular formula is C45H50N6O9PS2+. The van der Waals surface area contributed by atoms with Crippen molar-refractivity contribution < 1.29 is 42.7 Å². The molecule has 4 amide bonds. The molecule has 330 valence electrons. The Labute approximate surface area is 377 Å². The van der Waals surface area contributed by atoms with Crippen LogP contribution in [0.5, 0.6) is 0 Å². The maximum atomic E-state index is 14.5. The summed E-state index contributed by atoms with van der Waals surface area (Å²) in [5, 5.41) is 15.8. The van der Waals surface area contributed by atoms with Crippen molar-refractivity contribution >= 4 is 78.1 Å². The van der Waals surface area contributed by atoms with Gasteiger partial charge >= 0.3 is 8.25 Å². The Morgan fingerprint density at radius 2 is 0.810 bits per heavy atom. The summed E-state index contributed by atoms with van der Waals surface area (Å²) in [6.07, 6.45) is -1.75. The van der Waals surface area contributed by atoms with Crippen LogP contribution >= 0.6 is 32.7 Å². The lowest BCUT2D eigenvalue weighted by molar-refractivity contribution is -0.126. The molecule has 7 atom stereocenters. The van der Waals surface area contributed by atoms with E-state index in [1.807, 2.05) is 0 Å². The standard InChI is InChI=1S/C45H49N6O9PS2/c1-26(2)33(48-44(62)50-40(54)31-22-14-8-15-23-31)42(56)46-35(37(52)29-18-10-6-11-19-29)28(5)39(60-61(58)59)36(38(53)30-20-12-7-13-21-30)47-43(57)34(27(3)4)49-45(63)51-41(55)32-24-16-9-17-25-32/h6-28,33-36,39H,1-5H3,(H6-,46,47,48,49,50,51,54,55,56,57,58,59,62,63)/p+1. The minimum Gasteiger partial charge on any atom is -0.350 e. The van der Waals surface area contributed by atoms with Crippen LogP contribution in [0.3, 0.4) is 0 Å². The molecule has 0 bridgehead atoms. The van der Waals surface area contributed by atoms with Crippen LogP contribution < -0.4 is 31.9 Å². The molecule has 7 N–H and O–H groups in total. The summed E-state index contributed by atoms with van der Waals surface area (Å²) in [5.74, 6) is -6.33. The van der Waals surface area contributed by atoms with Gasteiger partial charge in [0.05, 0.1) is 6.04 Å². The van der Waals surface area contributed by atoms with Crippen molar-refractivity contribution in [1.82, 2.24) is 31.9 Å². The molecule has 4 aromatic carbocycles. The maximum Gasteiger partial charge on any atom is 0.695 e. The third kappa shape index (κ3) is 14.5. The van der Waals surface area contributed by atoms with Crippen molar-refractivity contribution in [3.63, 3.8) is 0 Å². The summed E-state index contributed by atoms with van der Waals surface area (Å²) in [6, 6.07) is 26.6. The van der Waals surface area contributed by atoms with Crippen LogP contribution in [0.25, 0.3) is 0 Å². The lowest BCUT2D eigenvalue weighted by Gasteiger charge is -2.34. The molecule has 15 nitrogen and oxygen atoms in total. The van der Waals surface area contributed by atoms with Gasteiger partial charge < -0.3 is 21.3 Å². The fourth-order valence-corrected chi connectivity index (χ4v) is 7.45. The van der Waals surface area contributed by atoms with Crippen molar-refractivity contribution in [2.24, 2.45) is 17.8 Å². The Bertz CT molecular complexity index is 2270. The lowest BCUT2D eigenvalue weighted by Crippen LogP contribution is -2.62. The zero-order chi connectivity index (χ0) is 46.2. The fourth-order valence-electron chi connectivity index (χ4n) is 6.49. The second kappa shape index (κ2) is 23.9. The van der Waals surface area contributed by atoms with Crippen molar-refractivity contribution in [2.75, 3.05) is 0 Å². The Hall–Kier alpha value is -6.10. The first-order chi connectivity index (χ1) is 30.0. The summed E-state index contributed by atoms with van der Waals surface area (Å²) in [7, 11) is -3.51. The number of thiocarbonyl (C=S) groups is 2. The average Bonchev–Trinajstić information content (AvgIpc) is 3.27. The van der Waals surface area contributed by atoms with Gasteiger partial charge in [-0.25, -0.2) is 0 Å². The summed E-state index contributed by atoms with van der Waals surface area (Å²) >= 11 is 10.8. The zero-order valence-electron chi connectivity index (χ0n) is 35.1. The highest BCUT2D eigenvalue weighted by molar-refractivity contribution is 7.80. The average molecular weight is 914 g/mol. The van der Waals surface area contributed by atoms with E-state index in [4.69, 9.17) is 29.0 Å². The van der Waals surface area contributed by atoms with Gasteiger partial charge in [-0.05, 0) is 60.5 Å². The third-order valence-electron chi connectivity index (χ3n) is 9.86. The molecule has 0 fully saturated rings. The van der Waals surface area contributed by atoms with E-state index in [1.165, 1.54) is 31.2 Å². The van der Waals surface area contributed by atoms with Crippen LogP contribution in [-0.2, 0) is 18.7 Å². The molecule has 4 rings (SSSR count). The maximum absolute atomic E-state index is 14.5. The van der Waals surface area contributed by atoms with E-state index in [-0.39, 0.29) is 21.4 Å². The molecular weight excluding hydrogens is 864 g/mol. The van der Waals surface area contributed by atoms with Crippen molar-refractivity contribution in [2.45, 2.75) is 64.9 Å². The van der Waals surface area contributed by atoms with Crippen molar-refractivity contribution in [3.05, 3.63) is 144 Å². The Morgan fingerprint density at radius 3 is 1.14 bits per heavy atom.